The minimum atomic E-state index is -0.441. The second-order valence-corrected chi connectivity index (χ2v) is 5.08. The van der Waals surface area contributed by atoms with Gasteiger partial charge in [-0.05, 0) is 18.2 Å². The molecule has 0 saturated heterocycles. The first-order valence-electron chi connectivity index (χ1n) is 5.58. The number of benzene rings is 1. The van der Waals surface area contributed by atoms with Crippen LogP contribution in [0.1, 0.15) is 10.4 Å². The lowest BCUT2D eigenvalue weighted by molar-refractivity contribution is -0.384. The second kappa shape index (κ2) is 5.71. The Morgan fingerprint density at radius 1 is 1.32 bits per heavy atom. The van der Waals surface area contributed by atoms with E-state index in [-0.39, 0.29) is 11.5 Å². The predicted octanol–water partition coefficient (Wildman–Crippen LogP) is 2.91. The van der Waals surface area contributed by atoms with Crippen LogP contribution in [0.25, 0.3) is 0 Å². The number of aryl methyl sites for hydroxylation is 1. The zero-order valence-electron chi connectivity index (χ0n) is 10.3. The van der Waals surface area contributed by atoms with Crippen molar-refractivity contribution in [2.45, 2.75) is 4.90 Å². The fourth-order valence-corrected chi connectivity index (χ4v) is 2.36. The SMILES string of the molecule is Cn1ccc(C(=O)CSc2ccc([N+](=O)[O-])cc2)c1. The molecule has 2 rings (SSSR count). The summed E-state index contributed by atoms with van der Waals surface area (Å²) in [5.41, 5.74) is 0.732. The van der Waals surface area contributed by atoms with Crippen LogP contribution in [-0.4, -0.2) is 21.0 Å². The maximum atomic E-state index is 11.9. The van der Waals surface area contributed by atoms with Crippen LogP contribution >= 0.6 is 11.8 Å². The summed E-state index contributed by atoms with van der Waals surface area (Å²) in [6.45, 7) is 0. The van der Waals surface area contributed by atoms with Crippen molar-refractivity contribution < 1.29 is 9.72 Å². The number of hydrogen-bond acceptors (Lipinski definition) is 4. The van der Waals surface area contributed by atoms with Crippen molar-refractivity contribution in [3.63, 3.8) is 0 Å². The predicted molar refractivity (Wildman–Crippen MR) is 73.6 cm³/mol. The highest BCUT2D eigenvalue weighted by Gasteiger charge is 2.09. The second-order valence-electron chi connectivity index (χ2n) is 4.03. The Morgan fingerprint density at radius 3 is 2.53 bits per heavy atom. The van der Waals surface area contributed by atoms with Gasteiger partial charge in [0, 0.05) is 42.0 Å². The van der Waals surface area contributed by atoms with Crippen LogP contribution in [0.5, 0.6) is 0 Å². The van der Waals surface area contributed by atoms with E-state index in [1.807, 2.05) is 17.8 Å². The van der Waals surface area contributed by atoms with Crippen LogP contribution in [0, 0.1) is 10.1 Å². The fourth-order valence-electron chi connectivity index (χ4n) is 1.56. The van der Waals surface area contributed by atoms with E-state index in [0.29, 0.717) is 11.3 Å². The van der Waals surface area contributed by atoms with E-state index in [9.17, 15) is 14.9 Å². The van der Waals surface area contributed by atoms with Gasteiger partial charge in [-0.2, -0.15) is 0 Å². The molecule has 98 valence electrons. The first-order chi connectivity index (χ1) is 9.06. The van der Waals surface area contributed by atoms with E-state index < -0.39 is 4.92 Å². The molecule has 0 spiro atoms. The van der Waals surface area contributed by atoms with Crippen LogP contribution < -0.4 is 0 Å². The van der Waals surface area contributed by atoms with Crippen LogP contribution in [0.3, 0.4) is 0 Å². The monoisotopic (exact) mass is 276 g/mol. The molecular formula is C13H12N2O3S. The van der Waals surface area contributed by atoms with Gasteiger partial charge in [0.1, 0.15) is 0 Å². The maximum absolute atomic E-state index is 11.9. The molecule has 0 fully saturated rings. The third kappa shape index (κ3) is 3.45. The van der Waals surface area contributed by atoms with Crippen LogP contribution in [0.4, 0.5) is 5.69 Å². The van der Waals surface area contributed by atoms with Gasteiger partial charge in [-0.1, -0.05) is 0 Å². The lowest BCUT2D eigenvalue weighted by Crippen LogP contribution is -2.00. The molecular weight excluding hydrogens is 264 g/mol. The average molecular weight is 276 g/mol. The quantitative estimate of drug-likeness (QED) is 0.364. The van der Waals surface area contributed by atoms with Crippen molar-refractivity contribution in [3.8, 4) is 0 Å². The normalized spacial score (nSPS) is 10.4. The van der Waals surface area contributed by atoms with Gasteiger partial charge in [-0.25, -0.2) is 0 Å². The number of carbonyl (C=O) groups excluding carboxylic acids is 1. The molecule has 0 unspecified atom stereocenters. The molecule has 5 nitrogen and oxygen atoms in total. The van der Waals surface area contributed by atoms with Crippen molar-refractivity contribution in [2.24, 2.45) is 7.05 Å². The number of aromatic nitrogens is 1. The molecule has 0 aliphatic rings. The van der Waals surface area contributed by atoms with Crippen molar-refractivity contribution in [1.29, 1.82) is 0 Å². The van der Waals surface area contributed by atoms with Gasteiger partial charge in [0.05, 0.1) is 10.7 Å². The molecule has 0 aliphatic carbocycles. The number of rotatable bonds is 5. The molecule has 0 aliphatic heterocycles. The van der Waals surface area contributed by atoms with Gasteiger partial charge in [0.25, 0.3) is 5.69 Å². The van der Waals surface area contributed by atoms with E-state index in [1.165, 1.54) is 23.9 Å². The Morgan fingerprint density at radius 2 is 2.00 bits per heavy atom. The van der Waals surface area contributed by atoms with Crippen molar-refractivity contribution in [1.82, 2.24) is 4.57 Å². The number of hydrogen-bond donors (Lipinski definition) is 0. The number of non-ortho nitro benzene ring substituents is 1. The smallest absolute Gasteiger partial charge is 0.269 e. The molecule has 1 heterocycles. The highest BCUT2D eigenvalue weighted by molar-refractivity contribution is 8.00. The number of nitro groups is 1. The molecule has 2 aromatic rings. The first kappa shape index (κ1) is 13.4. The Bertz CT molecular complexity index is 605. The summed E-state index contributed by atoms with van der Waals surface area (Å²) < 4.78 is 1.82. The maximum Gasteiger partial charge on any atom is 0.269 e. The van der Waals surface area contributed by atoms with E-state index in [0.717, 1.165) is 4.90 Å². The Kier molecular flexibility index (Phi) is 4.01. The van der Waals surface area contributed by atoms with E-state index in [2.05, 4.69) is 0 Å². The first-order valence-corrected chi connectivity index (χ1v) is 6.57. The van der Waals surface area contributed by atoms with Crippen molar-refractivity contribution in [2.75, 3.05) is 5.75 Å². The number of nitro benzene ring substituents is 1. The van der Waals surface area contributed by atoms with E-state index in [1.54, 1.807) is 24.4 Å². The van der Waals surface area contributed by atoms with Gasteiger partial charge in [0.15, 0.2) is 5.78 Å². The molecule has 19 heavy (non-hydrogen) atoms. The van der Waals surface area contributed by atoms with Crippen molar-refractivity contribution >= 4 is 23.2 Å². The van der Waals surface area contributed by atoms with Gasteiger partial charge in [-0.15, -0.1) is 11.8 Å². The molecule has 1 aromatic heterocycles. The largest absolute Gasteiger partial charge is 0.357 e. The van der Waals surface area contributed by atoms with Crippen LogP contribution in [-0.2, 0) is 7.05 Å². The number of Topliss-reactive ketones (excluding diaryl/α,β-unsaturated/α-hetero) is 1. The standard InChI is InChI=1S/C13H12N2O3S/c1-14-7-6-10(8-14)13(16)9-19-12-4-2-11(3-5-12)15(17)18/h2-8H,9H2,1H3. The Balaban J connectivity index is 1.95. The molecule has 6 heteroatoms. The van der Waals surface area contributed by atoms with Gasteiger partial charge in [-0.3, -0.25) is 14.9 Å². The molecule has 0 saturated carbocycles. The fraction of sp³-hybridized carbons (Fsp3) is 0.154. The lowest BCUT2D eigenvalue weighted by Gasteiger charge is -2.00. The molecule has 0 N–H and O–H groups in total. The summed E-state index contributed by atoms with van der Waals surface area (Å²) in [5.74, 6) is 0.367. The van der Waals surface area contributed by atoms with Gasteiger partial charge in [0.2, 0.25) is 0 Å². The van der Waals surface area contributed by atoms with E-state index in [4.69, 9.17) is 0 Å². The summed E-state index contributed by atoms with van der Waals surface area (Å²) in [5, 5.41) is 10.5. The lowest BCUT2D eigenvalue weighted by atomic mass is 10.2. The van der Waals surface area contributed by atoms with Gasteiger partial charge >= 0.3 is 0 Å². The minimum absolute atomic E-state index is 0.0453. The highest BCUT2D eigenvalue weighted by atomic mass is 32.2. The molecule has 0 bridgehead atoms. The summed E-state index contributed by atoms with van der Waals surface area (Å²) in [7, 11) is 1.86. The minimum Gasteiger partial charge on any atom is -0.357 e. The van der Waals surface area contributed by atoms with Gasteiger partial charge < -0.3 is 4.57 Å². The molecule has 0 atom stereocenters. The van der Waals surface area contributed by atoms with Crippen LogP contribution in [0.15, 0.2) is 47.6 Å². The summed E-state index contributed by atoms with van der Waals surface area (Å²) in [6, 6.07) is 7.96. The highest BCUT2D eigenvalue weighted by Crippen LogP contribution is 2.22. The summed E-state index contributed by atoms with van der Waals surface area (Å²) in [4.78, 5) is 22.8. The van der Waals surface area contributed by atoms with Crippen LogP contribution in [0.2, 0.25) is 0 Å². The Labute approximate surface area is 114 Å². The third-order valence-corrected chi connectivity index (χ3v) is 3.58. The van der Waals surface area contributed by atoms with E-state index >= 15 is 0 Å². The zero-order chi connectivity index (χ0) is 13.8. The number of nitrogens with zero attached hydrogens (tertiary/aromatic N) is 2. The zero-order valence-corrected chi connectivity index (χ0v) is 11.1. The molecule has 0 amide bonds. The number of carbonyl (C=O) groups is 1. The average Bonchev–Trinajstić information content (AvgIpc) is 2.83. The molecule has 1 aromatic carbocycles. The molecule has 0 radical (unpaired) electrons. The third-order valence-electron chi connectivity index (χ3n) is 2.57. The Hall–Kier alpha value is -2.08. The summed E-state index contributed by atoms with van der Waals surface area (Å²) >= 11 is 1.37. The topological polar surface area (TPSA) is 65.1 Å². The summed E-state index contributed by atoms with van der Waals surface area (Å²) in [6.07, 6.45) is 3.60. The van der Waals surface area contributed by atoms with Crippen molar-refractivity contribution in [3.05, 3.63) is 58.4 Å². The number of thioether (sulfide) groups is 1. The number of ketones is 1.